The van der Waals surface area contributed by atoms with Gasteiger partial charge in [0.15, 0.2) is 5.84 Å². The van der Waals surface area contributed by atoms with Crippen molar-refractivity contribution < 1.29 is 4.42 Å². The van der Waals surface area contributed by atoms with E-state index in [2.05, 4.69) is 22.3 Å². The zero-order valence-corrected chi connectivity index (χ0v) is 13.0. The lowest BCUT2D eigenvalue weighted by molar-refractivity contribution is 0.504. The minimum absolute atomic E-state index is 0.248. The van der Waals surface area contributed by atoms with Crippen LogP contribution in [0.4, 0.5) is 11.4 Å². The number of anilines is 2. The van der Waals surface area contributed by atoms with Crippen molar-refractivity contribution in [2.45, 2.75) is 13.8 Å². The molecule has 0 saturated carbocycles. The molecular weight excluding hydrogens is 278 g/mol. The van der Waals surface area contributed by atoms with E-state index < -0.39 is 0 Å². The van der Waals surface area contributed by atoms with Crippen LogP contribution in [-0.4, -0.2) is 12.9 Å². The Morgan fingerprint density at radius 3 is 2.50 bits per heavy atom. The van der Waals surface area contributed by atoms with Gasteiger partial charge in [0.2, 0.25) is 0 Å². The van der Waals surface area contributed by atoms with Crippen LogP contribution in [0.1, 0.15) is 22.6 Å². The lowest BCUT2D eigenvalue weighted by Crippen LogP contribution is -2.17. The number of nitrogens with one attached hydrogen (secondary N) is 2. The Bertz CT molecular complexity index is 730. The summed E-state index contributed by atoms with van der Waals surface area (Å²) in [6.45, 7) is 7.87. The maximum absolute atomic E-state index is 5.85. The Labute approximate surface area is 129 Å². The van der Waals surface area contributed by atoms with Gasteiger partial charge in [0.1, 0.15) is 11.5 Å². The minimum atomic E-state index is 0.248. The van der Waals surface area contributed by atoms with Gasteiger partial charge in [-0.2, -0.15) is 5.10 Å². The first-order chi connectivity index (χ1) is 10.5. The van der Waals surface area contributed by atoms with Crippen molar-refractivity contribution >= 4 is 22.9 Å². The van der Waals surface area contributed by atoms with Gasteiger partial charge in [-0.15, -0.1) is 0 Å². The molecule has 0 aliphatic heterocycles. The third-order valence-electron chi connectivity index (χ3n) is 3.37. The van der Waals surface area contributed by atoms with Crippen molar-refractivity contribution in [1.29, 1.82) is 0 Å². The third-order valence-corrected chi connectivity index (χ3v) is 3.37. The molecule has 0 unspecified atom stereocenters. The first-order valence-corrected chi connectivity index (χ1v) is 6.85. The van der Waals surface area contributed by atoms with Crippen LogP contribution in [0.25, 0.3) is 5.70 Å². The summed E-state index contributed by atoms with van der Waals surface area (Å²) in [5, 5.41) is 9.90. The summed E-state index contributed by atoms with van der Waals surface area (Å²) in [6.07, 6.45) is 0. The van der Waals surface area contributed by atoms with Gasteiger partial charge >= 0.3 is 0 Å². The molecule has 0 amide bonds. The van der Waals surface area contributed by atoms with Crippen LogP contribution in [0, 0.1) is 13.8 Å². The van der Waals surface area contributed by atoms with Crippen LogP contribution < -0.4 is 22.2 Å². The van der Waals surface area contributed by atoms with Crippen molar-refractivity contribution in [3.05, 3.63) is 53.5 Å². The van der Waals surface area contributed by atoms with Gasteiger partial charge in [0, 0.05) is 29.6 Å². The fraction of sp³-hybridized carbons (Fsp3) is 0.188. The molecule has 6 N–H and O–H groups in total. The van der Waals surface area contributed by atoms with Crippen LogP contribution in [0.15, 0.2) is 40.4 Å². The number of benzene rings is 1. The van der Waals surface area contributed by atoms with Crippen molar-refractivity contribution in [1.82, 2.24) is 0 Å². The highest BCUT2D eigenvalue weighted by Gasteiger charge is 2.12. The number of hydrogen-bond acceptors (Lipinski definition) is 5. The van der Waals surface area contributed by atoms with Gasteiger partial charge < -0.3 is 26.6 Å². The number of amidine groups is 1. The second-order valence-corrected chi connectivity index (χ2v) is 4.96. The molecule has 6 heteroatoms. The lowest BCUT2D eigenvalue weighted by atomic mass is 10.1. The maximum atomic E-state index is 5.85. The predicted molar refractivity (Wildman–Crippen MR) is 91.7 cm³/mol. The molecule has 1 heterocycles. The molecule has 0 bridgehead atoms. The summed E-state index contributed by atoms with van der Waals surface area (Å²) in [5.41, 5.74) is 9.89. The second-order valence-electron chi connectivity index (χ2n) is 4.96. The fourth-order valence-electron chi connectivity index (χ4n) is 2.26. The lowest BCUT2D eigenvalue weighted by Gasteiger charge is -2.15. The van der Waals surface area contributed by atoms with E-state index in [1.807, 2.05) is 45.2 Å². The molecule has 22 heavy (non-hydrogen) atoms. The average molecular weight is 299 g/mol. The number of hydrazone groups is 1. The highest BCUT2D eigenvalue weighted by atomic mass is 16.3. The smallest absolute Gasteiger partial charge is 0.152 e. The van der Waals surface area contributed by atoms with Gasteiger partial charge in [-0.25, -0.2) is 0 Å². The normalized spacial score (nSPS) is 11.3. The average Bonchev–Trinajstić information content (AvgIpc) is 2.85. The van der Waals surface area contributed by atoms with Crippen molar-refractivity contribution in [3.8, 4) is 0 Å². The number of nitrogens with zero attached hydrogens (tertiary/aromatic N) is 1. The van der Waals surface area contributed by atoms with E-state index in [-0.39, 0.29) is 5.84 Å². The molecule has 1 aromatic carbocycles. The number of rotatable bonds is 5. The van der Waals surface area contributed by atoms with Crippen LogP contribution in [0.2, 0.25) is 0 Å². The van der Waals surface area contributed by atoms with E-state index in [1.54, 1.807) is 0 Å². The highest BCUT2D eigenvalue weighted by molar-refractivity contribution is 6.04. The molecule has 6 nitrogen and oxygen atoms in total. The Morgan fingerprint density at radius 1 is 1.23 bits per heavy atom. The molecule has 0 spiro atoms. The summed E-state index contributed by atoms with van der Waals surface area (Å²) in [5.74, 6) is 7.19. The molecule has 1 aromatic heterocycles. The Morgan fingerprint density at radius 2 is 1.95 bits per heavy atom. The molecule has 0 fully saturated rings. The second kappa shape index (κ2) is 6.26. The third kappa shape index (κ3) is 3.06. The first-order valence-electron chi connectivity index (χ1n) is 6.85. The van der Waals surface area contributed by atoms with E-state index in [9.17, 15) is 0 Å². The van der Waals surface area contributed by atoms with Crippen LogP contribution in [-0.2, 0) is 0 Å². The van der Waals surface area contributed by atoms with Gasteiger partial charge in [-0.1, -0.05) is 6.58 Å². The maximum Gasteiger partial charge on any atom is 0.152 e. The zero-order valence-electron chi connectivity index (χ0n) is 13.0. The molecule has 0 atom stereocenters. The van der Waals surface area contributed by atoms with Gasteiger partial charge in [0.05, 0.1) is 5.69 Å². The van der Waals surface area contributed by atoms with E-state index in [0.29, 0.717) is 11.3 Å². The summed E-state index contributed by atoms with van der Waals surface area (Å²) in [7, 11) is 1.84. The Hall–Kier alpha value is -2.89. The monoisotopic (exact) mass is 299 g/mol. The molecule has 116 valence electrons. The summed E-state index contributed by atoms with van der Waals surface area (Å²) < 4.78 is 5.54. The van der Waals surface area contributed by atoms with Gasteiger partial charge in [-0.05, 0) is 38.1 Å². The van der Waals surface area contributed by atoms with Crippen LogP contribution in [0.5, 0.6) is 0 Å². The van der Waals surface area contributed by atoms with E-state index in [1.165, 1.54) is 0 Å². The fourth-order valence-corrected chi connectivity index (χ4v) is 2.26. The SMILES string of the molecule is C=C(Nc1cc(NC)ccc1/C(N)=N/N)c1cc(C)oc1C. The summed E-state index contributed by atoms with van der Waals surface area (Å²) in [6, 6.07) is 7.60. The van der Waals surface area contributed by atoms with Gasteiger partial charge in [0.25, 0.3) is 0 Å². The number of furan rings is 1. The Balaban J connectivity index is 2.39. The molecule has 0 radical (unpaired) electrons. The van der Waals surface area contributed by atoms with E-state index in [4.69, 9.17) is 16.0 Å². The quantitative estimate of drug-likeness (QED) is 0.294. The highest BCUT2D eigenvalue weighted by Crippen LogP contribution is 2.27. The largest absolute Gasteiger partial charge is 0.466 e. The van der Waals surface area contributed by atoms with Crippen molar-refractivity contribution in [2.24, 2.45) is 16.7 Å². The topological polar surface area (TPSA) is 102 Å². The number of aryl methyl sites for hydroxylation is 2. The van der Waals surface area contributed by atoms with Crippen molar-refractivity contribution in [3.63, 3.8) is 0 Å². The molecule has 2 aromatic rings. The first kappa shape index (κ1) is 15.5. The predicted octanol–water partition coefficient (Wildman–Crippen LogP) is 2.60. The molecule has 0 aliphatic rings. The Kier molecular flexibility index (Phi) is 4.41. The number of nitrogens with two attached hydrogens (primary N) is 2. The van der Waals surface area contributed by atoms with Crippen LogP contribution in [0.3, 0.4) is 0 Å². The van der Waals surface area contributed by atoms with E-state index in [0.717, 1.165) is 28.5 Å². The molecule has 2 rings (SSSR count). The molecule has 0 saturated heterocycles. The number of hydrogen-bond donors (Lipinski definition) is 4. The van der Waals surface area contributed by atoms with Crippen molar-refractivity contribution in [2.75, 3.05) is 17.7 Å². The van der Waals surface area contributed by atoms with Gasteiger partial charge in [-0.3, -0.25) is 0 Å². The van der Waals surface area contributed by atoms with E-state index >= 15 is 0 Å². The molecular formula is C16H21N5O. The zero-order chi connectivity index (χ0) is 16.3. The summed E-state index contributed by atoms with van der Waals surface area (Å²) >= 11 is 0. The van der Waals surface area contributed by atoms with Crippen LogP contribution >= 0.6 is 0 Å². The minimum Gasteiger partial charge on any atom is -0.466 e. The molecule has 0 aliphatic carbocycles. The summed E-state index contributed by atoms with van der Waals surface area (Å²) in [4.78, 5) is 0. The standard InChI is InChI=1S/C16H21N5O/c1-9-7-14(11(3)22-9)10(2)20-15-8-12(19-4)5-6-13(15)16(17)21-18/h5-8,19-20H,2,18H2,1,3-4H3,(H2,17,21).